The molecule has 0 radical (unpaired) electrons. The molecule has 1 aliphatic rings. The first kappa shape index (κ1) is 17.1. The Labute approximate surface area is 137 Å². The normalized spacial score (nSPS) is 14.6. The topological polar surface area (TPSA) is 62.6 Å². The number of carbonyl (C=O) groups excluding carboxylic acids is 1. The average molecular weight is 316 g/mol. The summed E-state index contributed by atoms with van der Waals surface area (Å²) in [4.78, 5) is 14.5. The van der Waals surface area contributed by atoms with Crippen LogP contribution in [-0.4, -0.2) is 36.6 Å². The third kappa shape index (κ3) is 4.16. The van der Waals surface area contributed by atoms with Crippen LogP contribution in [0.15, 0.2) is 18.2 Å². The summed E-state index contributed by atoms with van der Waals surface area (Å²) >= 11 is 0. The zero-order valence-corrected chi connectivity index (χ0v) is 14.0. The molecule has 0 heterocycles. The van der Waals surface area contributed by atoms with Gasteiger partial charge < -0.3 is 14.4 Å². The highest BCUT2D eigenvalue weighted by Crippen LogP contribution is 2.29. The van der Waals surface area contributed by atoms with Gasteiger partial charge >= 0.3 is 0 Å². The van der Waals surface area contributed by atoms with Gasteiger partial charge in [0.05, 0.1) is 18.7 Å². The van der Waals surface area contributed by atoms with E-state index in [9.17, 15) is 4.79 Å². The Balaban J connectivity index is 2.04. The molecule has 1 aliphatic carbocycles. The summed E-state index contributed by atoms with van der Waals surface area (Å²) in [5.41, 5.74) is 0.496. The molecule has 0 atom stereocenters. The van der Waals surface area contributed by atoms with Gasteiger partial charge in [-0.25, -0.2) is 0 Å². The maximum Gasteiger partial charge on any atom is 0.260 e. The molecule has 1 saturated carbocycles. The van der Waals surface area contributed by atoms with Crippen LogP contribution in [0, 0.1) is 11.3 Å². The Morgan fingerprint density at radius 1 is 1.35 bits per heavy atom. The van der Waals surface area contributed by atoms with Crippen molar-refractivity contribution < 1.29 is 14.3 Å². The lowest BCUT2D eigenvalue weighted by Crippen LogP contribution is -2.45. The van der Waals surface area contributed by atoms with Crippen LogP contribution in [0.25, 0.3) is 0 Å². The first-order valence-corrected chi connectivity index (χ1v) is 8.09. The average Bonchev–Trinajstić information content (AvgIpc) is 3.06. The van der Waals surface area contributed by atoms with E-state index in [0.717, 1.165) is 12.8 Å². The predicted molar refractivity (Wildman–Crippen MR) is 87.4 cm³/mol. The summed E-state index contributed by atoms with van der Waals surface area (Å²) in [6.45, 7) is 4.06. The SMILES string of the molecule is COc1cc(C#N)ccc1OCC(=O)N(C(C)C)C1CCCC1. The van der Waals surface area contributed by atoms with Gasteiger partial charge in [0, 0.05) is 18.2 Å². The van der Waals surface area contributed by atoms with E-state index in [4.69, 9.17) is 14.7 Å². The number of amides is 1. The number of hydrogen-bond donors (Lipinski definition) is 0. The van der Waals surface area contributed by atoms with Gasteiger partial charge in [-0.2, -0.15) is 5.26 Å². The smallest absolute Gasteiger partial charge is 0.260 e. The zero-order chi connectivity index (χ0) is 16.8. The van der Waals surface area contributed by atoms with E-state index in [1.165, 1.54) is 20.0 Å². The van der Waals surface area contributed by atoms with Crippen molar-refractivity contribution in [3.63, 3.8) is 0 Å². The van der Waals surface area contributed by atoms with Crippen molar-refractivity contribution in [3.05, 3.63) is 23.8 Å². The fraction of sp³-hybridized carbons (Fsp3) is 0.556. The molecule has 0 spiro atoms. The minimum atomic E-state index is -0.0169. The minimum absolute atomic E-state index is 0.00156. The van der Waals surface area contributed by atoms with Crippen molar-refractivity contribution in [2.75, 3.05) is 13.7 Å². The van der Waals surface area contributed by atoms with Gasteiger partial charge in [-0.15, -0.1) is 0 Å². The van der Waals surface area contributed by atoms with Crippen LogP contribution in [0.2, 0.25) is 0 Å². The van der Waals surface area contributed by atoms with Crippen LogP contribution < -0.4 is 9.47 Å². The molecule has 0 aliphatic heterocycles. The molecular weight excluding hydrogens is 292 g/mol. The van der Waals surface area contributed by atoms with Crippen LogP contribution >= 0.6 is 0 Å². The van der Waals surface area contributed by atoms with Crippen molar-refractivity contribution >= 4 is 5.91 Å². The summed E-state index contributed by atoms with van der Waals surface area (Å²) in [5, 5.41) is 8.91. The summed E-state index contributed by atoms with van der Waals surface area (Å²) < 4.78 is 10.9. The molecule has 5 heteroatoms. The molecule has 0 saturated heterocycles. The number of carbonyl (C=O) groups is 1. The van der Waals surface area contributed by atoms with E-state index in [1.807, 2.05) is 18.7 Å². The van der Waals surface area contributed by atoms with Gasteiger partial charge in [0.25, 0.3) is 5.91 Å². The fourth-order valence-corrected chi connectivity index (χ4v) is 3.17. The first-order chi connectivity index (χ1) is 11.1. The molecule has 0 bridgehead atoms. The van der Waals surface area contributed by atoms with E-state index >= 15 is 0 Å². The van der Waals surface area contributed by atoms with Gasteiger partial charge in [0.15, 0.2) is 18.1 Å². The number of nitriles is 1. The Morgan fingerprint density at radius 2 is 2.04 bits per heavy atom. The largest absolute Gasteiger partial charge is 0.493 e. The monoisotopic (exact) mass is 316 g/mol. The van der Waals surface area contributed by atoms with E-state index in [2.05, 4.69) is 6.07 Å². The summed E-state index contributed by atoms with van der Waals surface area (Å²) in [6, 6.07) is 7.47. The highest BCUT2D eigenvalue weighted by molar-refractivity contribution is 5.78. The molecule has 0 aromatic heterocycles. The quantitative estimate of drug-likeness (QED) is 0.809. The molecule has 0 unspecified atom stereocenters. The van der Waals surface area contributed by atoms with Gasteiger partial charge in [-0.1, -0.05) is 12.8 Å². The molecule has 0 N–H and O–H groups in total. The summed E-state index contributed by atoms with van der Waals surface area (Å²) in [7, 11) is 1.52. The number of benzene rings is 1. The lowest BCUT2D eigenvalue weighted by atomic mass is 10.1. The number of methoxy groups -OCH3 is 1. The number of nitrogens with zero attached hydrogens (tertiary/aromatic N) is 2. The maximum absolute atomic E-state index is 12.6. The number of hydrogen-bond acceptors (Lipinski definition) is 4. The molecule has 1 aromatic carbocycles. The standard InChI is InChI=1S/C18H24N2O3/c1-13(2)20(15-6-4-5-7-15)18(21)12-23-16-9-8-14(11-19)10-17(16)22-3/h8-10,13,15H,4-7,12H2,1-3H3. The predicted octanol–water partition coefficient (Wildman–Crippen LogP) is 3.13. The van der Waals surface area contributed by atoms with Gasteiger partial charge in [0.2, 0.25) is 0 Å². The number of rotatable bonds is 6. The summed E-state index contributed by atoms with van der Waals surface area (Å²) in [6.07, 6.45) is 4.52. The molecule has 2 rings (SSSR count). The minimum Gasteiger partial charge on any atom is -0.493 e. The Hall–Kier alpha value is -2.22. The van der Waals surface area contributed by atoms with Crippen LogP contribution in [0.1, 0.15) is 45.1 Å². The third-order valence-corrected chi connectivity index (χ3v) is 4.21. The van der Waals surface area contributed by atoms with E-state index in [1.54, 1.807) is 18.2 Å². The fourth-order valence-electron chi connectivity index (χ4n) is 3.17. The Kier molecular flexibility index (Phi) is 5.86. The van der Waals surface area contributed by atoms with Crippen molar-refractivity contribution in [2.45, 2.75) is 51.6 Å². The molecule has 1 aromatic rings. The van der Waals surface area contributed by atoms with Crippen molar-refractivity contribution in [1.29, 1.82) is 5.26 Å². The van der Waals surface area contributed by atoms with Crippen LogP contribution in [-0.2, 0) is 4.79 Å². The van der Waals surface area contributed by atoms with Crippen molar-refractivity contribution in [2.24, 2.45) is 0 Å². The number of ether oxygens (including phenoxy) is 2. The van der Waals surface area contributed by atoms with Crippen molar-refractivity contribution in [1.82, 2.24) is 4.90 Å². The van der Waals surface area contributed by atoms with Crippen LogP contribution in [0.3, 0.4) is 0 Å². The van der Waals surface area contributed by atoms with Crippen LogP contribution in [0.4, 0.5) is 0 Å². The van der Waals surface area contributed by atoms with Crippen molar-refractivity contribution in [3.8, 4) is 17.6 Å². The second-order valence-electron chi connectivity index (χ2n) is 6.10. The lowest BCUT2D eigenvalue weighted by Gasteiger charge is -2.32. The van der Waals surface area contributed by atoms with Gasteiger partial charge in [-0.05, 0) is 38.8 Å². The molecular formula is C18H24N2O3. The molecule has 1 fully saturated rings. The molecule has 23 heavy (non-hydrogen) atoms. The Bertz CT molecular complexity index is 586. The van der Waals surface area contributed by atoms with E-state index in [-0.39, 0.29) is 18.6 Å². The maximum atomic E-state index is 12.6. The Morgan fingerprint density at radius 3 is 2.61 bits per heavy atom. The second-order valence-corrected chi connectivity index (χ2v) is 6.10. The van der Waals surface area contributed by atoms with Gasteiger partial charge in [0.1, 0.15) is 0 Å². The highest BCUT2D eigenvalue weighted by atomic mass is 16.5. The van der Waals surface area contributed by atoms with E-state index < -0.39 is 0 Å². The summed E-state index contributed by atoms with van der Waals surface area (Å²) in [5.74, 6) is 0.946. The molecule has 5 nitrogen and oxygen atoms in total. The molecule has 124 valence electrons. The molecule has 1 amide bonds. The van der Waals surface area contributed by atoms with Gasteiger partial charge in [-0.3, -0.25) is 4.79 Å². The first-order valence-electron chi connectivity index (χ1n) is 8.09. The lowest BCUT2D eigenvalue weighted by molar-refractivity contribution is -0.137. The van der Waals surface area contributed by atoms with Crippen LogP contribution in [0.5, 0.6) is 11.5 Å². The zero-order valence-electron chi connectivity index (χ0n) is 14.0. The second kappa shape index (κ2) is 7.87. The third-order valence-electron chi connectivity index (χ3n) is 4.21. The van der Waals surface area contributed by atoms with E-state index in [0.29, 0.717) is 23.1 Å². The highest BCUT2D eigenvalue weighted by Gasteiger charge is 2.28.